The Balaban J connectivity index is 2.15. The normalized spacial score (nSPS) is 12.2. The average molecular weight is 399 g/mol. The molecule has 3 aromatic carbocycles. The van der Waals surface area contributed by atoms with Crippen LogP contribution in [0.4, 0.5) is 0 Å². The van der Waals surface area contributed by atoms with Crippen LogP contribution in [0.2, 0.25) is 0 Å². The molecule has 0 nitrogen and oxygen atoms in total. The second-order valence-corrected chi connectivity index (χ2v) is 9.94. The molecule has 0 saturated heterocycles. The van der Waals surface area contributed by atoms with Crippen LogP contribution in [-0.4, -0.2) is 0 Å². The highest BCUT2D eigenvalue weighted by atomic mass is 14.4. The van der Waals surface area contributed by atoms with E-state index in [-0.39, 0.29) is 10.8 Å². The first-order valence-electron chi connectivity index (χ1n) is 11.6. The Morgan fingerprint density at radius 3 is 1.67 bits per heavy atom. The molecule has 0 aliphatic rings. The van der Waals surface area contributed by atoms with Crippen molar-refractivity contribution in [1.29, 1.82) is 0 Å². The van der Waals surface area contributed by atoms with Crippen LogP contribution in [0, 0.1) is 0 Å². The van der Waals surface area contributed by atoms with Gasteiger partial charge in [-0.2, -0.15) is 0 Å². The van der Waals surface area contributed by atoms with Crippen LogP contribution in [0.5, 0.6) is 0 Å². The van der Waals surface area contributed by atoms with Gasteiger partial charge < -0.3 is 0 Å². The van der Waals surface area contributed by atoms with Gasteiger partial charge in [-0.25, -0.2) is 0 Å². The van der Waals surface area contributed by atoms with E-state index in [1.807, 2.05) is 0 Å². The van der Waals surface area contributed by atoms with Gasteiger partial charge in [-0.1, -0.05) is 127 Å². The van der Waals surface area contributed by atoms with Gasteiger partial charge in [0.2, 0.25) is 0 Å². The molecule has 0 heterocycles. The molecule has 158 valence electrons. The van der Waals surface area contributed by atoms with E-state index in [1.165, 1.54) is 59.1 Å². The van der Waals surface area contributed by atoms with Crippen molar-refractivity contribution in [3.63, 3.8) is 0 Å². The quantitative estimate of drug-likeness (QED) is 0.355. The van der Waals surface area contributed by atoms with E-state index in [1.54, 1.807) is 0 Å². The lowest BCUT2D eigenvalue weighted by Gasteiger charge is -2.36. The van der Waals surface area contributed by atoms with Crippen LogP contribution in [-0.2, 0) is 10.8 Å². The summed E-state index contributed by atoms with van der Waals surface area (Å²) in [6.07, 6.45) is 4.80. The maximum absolute atomic E-state index is 2.43. The lowest BCUT2D eigenvalue weighted by molar-refractivity contribution is 0.428. The van der Waals surface area contributed by atoms with Crippen molar-refractivity contribution in [1.82, 2.24) is 0 Å². The minimum absolute atomic E-state index is 0.143. The zero-order valence-electron chi connectivity index (χ0n) is 19.8. The molecule has 0 saturated carbocycles. The van der Waals surface area contributed by atoms with Gasteiger partial charge in [-0.15, -0.1) is 0 Å². The molecule has 0 spiro atoms. The minimum Gasteiger partial charge on any atom is -0.0654 e. The van der Waals surface area contributed by atoms with Gasteiger partial charge >= 0.3 is 0 Å². The standard InChI is InChI=1S/C30H38/c1-7-21-29(3,4)27-16-12-15-26(28(27)30(5,6)22-8-2)25-19-17-24(18-20-25)23-13-10-9-11-14-23/h9-20H,7-8,21-22H2,1-6H3. The third kappa shape index (κ3) is 4.69. The first-order chi connectivity index (χ1) is 14.3. The molecule has 0 aromatic heterocycles. The summed E-state index contributed by atoms with van der Waals surface area (Å²) >= 11 is 0. The summed E-state index contributed by atoms with van der Waals surface area (Å²) < 4.78 is 0. The van der Waals surface area contributed by atoms with Crippen molar-refractivity contribution in [2.75, 3.05) is 0 Å². The third-order valence-corrected chi connectivity index (χ3v) is 6.52. The molecule has 0 bridgehead atoms. The second kappa shape index (κ2) is 9.21. The molecule has 0 unspecified atom stereocenters. The molecule has 0 radical (unpaired) electrons. The Morgan fingerprint density at radius 1 is 0.533 bits per heavy atom. The summed E-state index contributed by atoms with van der Waals surface area (Å²) in [4.78, 5) is 0. The summed E-state index contributed by atoms with van der Waals surface area (Å²) in [5, 5.41) is 0. The van der Waals surface area contributed by atoms with Gasteiger partial charge in [0.1, 0.15) is 0 Å². The van der Waals surface area contributed by atoms with E-state index >= 15 is 0 Å². The molecule has 0 heteroatoms. The predicted molar refractivity (Wildman–Crippen MR) is 133 cm³/mol. The van der Waals surface area contributed by atoms with Crippen molar-refractivity contribution in [2.24, 2.45) is 0 Å². The molecular formula is C30H38. The summed E-state index contributed by atoms with van der Waals surface area (Å²) in [6, 6.07) is 26.8. The first-order valence-corrected chi connectivity index (χ1v) is 11.6. The minimum atomic E-state index is 0.143. The molecule has 3 rings (SSSR count). The molecule has 0 aliphatic heterocycles. The zero-order chi connectivity index (χ0) is 21.8. The van der Waals surface area contributed by atoms with Crippen molar-refractivity contribution < 1.29 is 0 Å². The average Bonchev–Trinajstić information content (AvgIpc) is 2.74. The highest BCUT2D eigenvalue weighted by molar-refractivity contribution is 5.74. The van der Waals surface area contributed by atoms with Gasteiger partial charge in [0.05, 0.1) is 0 Å². The van der Waals surface area contributed by atoms with Gasteiger partial charge in [-0.3, -0.25) is 0 Å². The number of benzene rings is 3. The van der Waals surface area contributed by atoms with Gasteiger partial charge in [0, 0.05) is 0 Å². The fraction of sp³-hybridized carbons (Fsp3) is 0.400. The monoisotopic (exact) mass is 398 g/mol. The first kappa shape index (κ1) is 22.3. The Labute approximate surface area is 184 Å². The second-order valence-electron chi connectivity index (χ2n) is 9.94. The van der Waals surface area contributed by atoms with Crippen LogP contribution in [0.15, 0.2) is 72.8 Å². The lowest BCUT2D eigenvalue weighted by Crippen LogP contribution is -2.27. The zero-order valence-corrected chi connectivity index (χ0v) is 19.8. The third-order valence-electron chi connectivity index (χ3n) is 6.52. The molecule has 0 N–H and O–H groups in total. The summed E-state index contributed by atoms with van der Waals surface area (Å²) in [7, 11) is 0. The highest BCUT2D eigenvalue weighted by Crippen LogP contribution is 2.44. The van der Waals surface area contributed by atoms with Crippen LogP contribution in [0.25, 0.3) is 22.3 Å². The number of rotatable bonds is 8. The predicted octanol–water partition coefficient (Wildman–Crippen LogP) is 9.18. The van der Waals surface area contributed by atoms with E-state index in [2.05, 4.69) is 114 Å². The largest absolute Gasteiger partial charge is 0.0654 e. The summed E-state index contributed by atoms with van der Waals surface area (Å²) in [6.45, 7) is 14.3. The SMILES string of the molecule is CCCC(C)(C)c1cccc(-c2ccc(-c3ccccc3)cc2)c1C(C)(C)CCC. The van der Waals surface area contributed by atoms with Crippen molar-refractivity contribution in [3.8, 4) is 22.3 Å². The molecule has 0 atom stereocenters. The maximum Gasteiger partial charge on any atom is -0.00946 e. The molecule has 0 fully saturated rings. The Bertz CT molecular complexity index is 943. The highest BCUT2D eigenvalue weighted by Gasteiger charge is 2.32. The van der Waals surface area contributed by atoms with E-state index in [4.69, 9.17) is 0 Å². The Morgan fingerprint density at radius 2 is 1.07 bits per heavy atom. The Kier molecular flexibility index (Phi) is 6.86. The van der Waals surface area contributed by atoms with Crippen LogP contribution < -0.4 is 0 Å². The fourth-order valence-electron chi connectivity index (χ4n) is 5.07. The number of hydrogen-bond acceptors (Lipinski definition) is 0. The Hall–Kier alpha value is -2.34. The van der Waals surface area contributed by atoms with E-state index in [9.17, 15) is 0 Å². The smallest absolute Gasteiger partial charge is 0.00946 e. The molecule has 3 aromatic rings. The van der Waals surface area contributed by atoms with Crippen LogP contribution in [0.3, 0.4) is 0 Å². The fourth-order valence-corrected chi connectivity index (χ4v) is 5.07. The van der Waals surface area contributed by atoms with Crippen molar-refractivity contribution in [3.05, 3.63) is 83.9 Å². The summed E-state index contributed by atoms with van der Waals surface area (Å²) in [5.74, 6) is 0. The van der Waals surface area contributed by atoms with Crippen LogP contribution in [0.1, 0.15) is 78.4 Å². The van der Waals surface area contributed by atoms with Gasteiger partial charge in [0.25, 0.3) is 0 Å². The van der Waals surface area contributed by atoms with Gasteiger partial charge in [-0.05, 0) is 57.1 Å². The van der Waals surface area contributed by atoms with Crippen molar-refractivity contribution in [2.45, 2.75) is 78.1 Å². The summed E-state index contributed by atoms with van der Waals surface area (Å²) in [5.41, 5.74) is 8.64. The van der Waals surface area contributed by atoms with Gasteiger partial charge in [0.15, 0.2) is 0 Å². The molecule has 0 amide bonds. The molecule has 0 aliphatic carbocycles. The van der Waals surface area contributed by atoms with E-state index < -0.39 is 0 Å². The topological polar surface area (TPSA) is 0 Å². The van der Waals surface area contributed by atoms with E-state index in [0.29, 0.717) is 0 Å². The number of hydrogen-bond donors (Lipinski definition) is 0. The van der Waals surface area contributed by atoms with E-state index in [0.717, 1.165) is 0 Å². The van der Waals surface area contributed by atoms with Crippen molar-refractivity contribution >= 4 is 0 Å². The lowest BCUT2D eigenvalue weighted by atomic mass is 9.68. The van der Waals surface area contributed by atoms with Crippen LogP contribution >= 0.6 is 0 Å². The molecule has 30 heavy (non-hydrogen) atoms. The molecular weight excluding hydrogens is 360 g/mol. The maximum atomic E-state index is 2.43.